The topological polar surface area (TPSA) is 40.6 Å². The Hall–Kier alpha value is -2.34. The summed E-state index contributed by atoms with van der Waals surface area (Å²) in [7, 11) is 0. The molecular formula is C20H21FN2O2S. The highest BCUT2D eigenvalue weighted by Crippen LogP contribution is 2.16. The number of nitrogens with zero attached hydrogens (tertiary/aromatic N) is 2. The number of benzene rings is 2. The zero-order chi connectivity index (χ0) is 18.5. The zero-order valence-corrected chi connectivity index (χ0v) is 15.5. The van der Waals surface area contributed by atoms with Gasteiger partial charge in [0.2, 0.25) is 5.91 Å². The van der Waals surface area contributed by atoms with Crippen LogP contribution in [0.15, 0.2) is 53.4 Å². The van der Waals surface area contributed by atoms with Crippen molar-refractivity contribution in [2.75, 3.05) is 32.4 Å². The Morgan fingerprint density at radius 1 is 0.923 bits per heavy atom. The van der Waals surface area contributed by atoms with Crippen molar-refractivity contribution < 1.29 is 14.0 Å². The lowest BCUT2D eigenvalue weighted by Gasteiger charge is -2.35. The molecule has 1 heterocycles. The standard InChI is InChI=1S/C20H21FN2O2S/c1-26-18-8-2-15(3-9-18)14-19(24)22-10-12-23(13-11-22)20(25)16-4-6-17(21)7-5-16/h2-9H,10-14H2,1H3. The maximum Gasteiger partial charge on any atom is 0.253 e. The number of rotatable bonds is 4. The van der Waals surface area contributed by atoms with Crippen LogP contribution in [0.25, 0.3) is 0 Å². The summed E-state index contributed by atoms with van der Waals surface area (Å²) in [6, 6.07) is 13.6. The van der Waals surface area contributed by atoms with Crippen molar-refractivity contribution in [3.63, 3.8) is 0 Å². The molecule has 0 bridgehead atoms. The molecule has 136 valence electrons. The molecule has 0 saturated carbocycles. The largest absolute Gasteiger partial charge is 0.339 e. The van der Waals surface area contributed by atoms with E-state index in [1.807, 2.05) is 30.5 Å². The molecule has 26 heavy (non-hydrogen) atoms. The van der Waals surface area contributed by atoms with Crippen LogP contribution >= 0.6 is 11.8 Å². The second-order valence-electron chi connectivity index (χ2n) is 6.20. The monoisotopic (exact) mass is 372 g/mol. The molecule has 2 amide bonds. The summed E-state index contributed by atoms with van der Waals surface area (Å²) in [5.74, 6) is -0.400. The highest BCUT2D eigenvalue weighted by atomic mass is 32.2. The van der Waals surface area contributed by atoms with E-state index in [0.29, 0.717) is 38.2 Å². The van der Waals surface area contributed by atoms with Crippen LogP contribution < -0.4 is 0 Å². The number of hydrogen-bond acceptors (Lipinski definition) is 3. The molecule has 0 radical (unpaired) electrons. The van der Waals surface area contributed by atoms with E-state index in [1.54, 1.807) is 21.6 Å². The molecular weight excluding hydrogens is 351 g/mol. The van der Waals surface area contributed by atoms with Crippen LogP contribution in [0.2, 0.25) is 0 Å². The molecule has 2 aromatic rings. The van der Waals surface area contributed by atoms with Gasteiger partial charge in [0.1, 0.15) is 5.82 Å². The highest BCUT2D eigenvalue weighted by Gasteiger charge is 2.24. The lowest BCUT2D eigenvalue weighted by Crippen LogP contribution is -2.51. The quantitative estimate of drug-likeness (QED) is 0.775. The van der Waals surface area contributed by atoms with E-state index in [1.165, 1.54) is 29.2 Å². The SMILES string of the molecule is CSc1ccc(CC(=O)N2CCN(C(=O)c3ccc(F)cc3)CC2)cc1. The molecule has 0 N–H and O–H groups in total. The second kappa shape index (κ2) is 8.36. The van der Waals surface area contributed by atoms with E-state index in [2.05, 4.69) is 0 Å². The molecule has 1 aliphatic rings. The van der Waals surface area contributed by atoms with Gasteiger partial charge in [-0.25, -0.2) is 4.39 Å². The molecule has 2 aromatic carbocycles. The van der Waals surface area contributed by atoms with E-state index in [0.717, 1.165) is 5.56 Å². The fourth-order valence-corrected chi connectivity index (χ4v) is 3.37. The molecule has 0 spiro atoms. The van der Waals surface area contributed by atoms with Crippen LogP contribution in [-0.4, -0.2) is 54.0 Å². The van der Waals surface area contributed by atoms with E-state index in [-0.39, 0.29) is 17.6 Å². The summed E-state index contributed by atoms with van der Waals surface area (Å²) < 4.78 is 13.0. The van der Waals surface area contributed by atoms with Gasteiger partial charge in [-0.2, -0.15) is 0 Å². The Morgan fingerprint density at radius 2 is 1.50 bits per heavy atom. The molecule has 3 rings (SSSR count). The van der Waals surface area contributed by atoms with Crippen LogP contribution in [0, 0.1) is 5.82 Å². The van der Waals surface area contributed by atoms with Crippen LogP contribution in [0.1, 0.15) is 15.9 Å². The van der Waals surface area contributed by atoms with Crippen LogP contribution in [0.4, 0.5) is 4.39 Å². The molecule has 1 aliphatic heterocycles. The van der Waals surface area contributed by atoms with Crippen molar-refractivity contribution in [3.8, 4) is 0 Å². The Bertz CT molecular complexity index is 769. The van der Waals surface area contributed by atoms with Crippen molar-refractivity contribution in [2.24, 2.45) is 0 Å². The molecule has 4 nitrogen and oxygen atoms in total. The Morgan fingerprint density at radius 3 is 2.08 bits per heavy atom. The van der Waals surface area contributed by atoms with Crippen LogP contribution in [0.3, 0.4) is 0 Å². The molecule has 0 unspecified atom stereocenters. The van der Waals surface area contributed by atoms with Crippen molar-refractivity contribution in [1.82, 2.24) is 9.80 Å². The summed E-state index contributed by atoms with van der Waals surface area (Å²) in [6.07, 6.45) is 2.40. The minimum atomic E-state index is -0.359. The number of carbonyl (C=O) groups is 2. The van der Waals surface area contributed by atoms with Gasteiger partial charge in [-0.1, -0.05) is 12.1 Å². The fraction of sp³-hybridized carbons (Fsp3) is 0.300. The number of halogens is 1. The summed E-state index contributed by atoms with van der Waals surface area (Å²) >= 11 is 1.67. The molecule has 1 saturated heterocycles. The number of piperazine rings is 1. The first kappa shape index (κ1) is 18.5. The third-order valence-electron chi connectivity index (χ3n) is 4.53. The summed E-state index contributed by atoms with van der Waals surface area (Å²) in [5, 5.41) is 0. The fourth-order valence-electron chi connectivity index (χ4n) is 2.96. The number of hydrogen-bond donors (Lipinski definition) is 0. The molecule has 0 aromatic heterocycles. The smallest absolute Gasteiger partial charge is 0.253 e. The summed E-state index contributed by atoms with van der Waals surface area (Å²) in [6.45, 7) is 2.03. The number of thioether (sulfide) groups is 1. The first-order valence-electron chi connectivity index (χ1n) is 8.52. The number of amides is 2. The maximum atomic E-state index is 13.0. The predicted octanol–water partition coefficient (Wildman–Crippen LogP) is 3.07. The van der Waals surface area contributed by atoms with E-state index in [4.69, 9.17) is 0 Å². The minimum absolute atomic E-state index is 0.0794. The van der Waals surface area contributed by atoms with Gasteiger partial charge < -0.3 is 9.80 Å². The first-order valence-corrected chi connectivity index (χ1v) is 9.75. The average molecular weight is 372 g/mol. The second-order valence-corrected chi connectivity index (χ2v) is 7.08. The van der Waals surface area contributed by atoms with Gasteiger partial charge in [-0.15, -0.1) is 11.8 Å². The van der Waals surface area contributed by atoms with E-state index < -0.39 is 0 Å². The van der Waals surface area contributed by atoms with Gasteiger partial charge in [0, 0.05) is 36.6 Å². The van der Waals surface area contributed by atoms with Crippen molar-refractivity contribution in [1.29, 1.82) is 0 Å². The zero-order valence-electron chi connectivity index (χ0n) is 14.7. The molecule has 0 atom stereocenters. The van der Waals surface area contributed by atoms with Crippen LogP contribution in [0.5, 0.6) is 0 Å². The lowest BCUT2D eigenvalue weighted by atomic mass is 10.1. The minimum Gasteiger partial charge on any atom is -0.339 e. The van der Waals surface area contributed by atoms with Gasteiger partial charge in [-0.3, -0.25) is 9.59 Å². The Kier molecular flexibility index (Phi) is 5.93. The highest BCUT2D eigenvalue weighted by molar-refractivity contribution is 7.98. The normalized spacial score (nSPS) is 14.4. The van der Waals surface area contributed by atoms with Crippen molar-refractivity contribution in [3.05, 3.63) is 65.5 Å². The molecule has 0 aliphatic carbocycles. The maximum absolute atomic E-state index is 13.0. The third kappa shape index (κ3) is 4.43. The average Bonchev–Trinajstić information content (AvgIpc) is 2.69. The van der Waals surface area contributed by atoms with Crippen molar-refractivity contribution in [2.45, 2.75) is 11.3 Å². The van der Waals surface area contributed by atoms with Crippen LogP contribution in [-0.2, 0) is 11.2 Å². The van der Waals surface area contributed by atoms with Gasteiger partial charge in [0.05, 0.1) is 6.42 Å². The van der Waals surface area contributed by atoms with Gasteiger partial charge >= 0.3 is 0 Å². The van der Waals surface area contributed by atoms with Gasteiger partial charge in [0.15, 0.2) is 0 Å². The third-order valence-corrected chi connectivity index (χ3v) is 5.27. The molecule has 1 fully saturated rings. The summed E-state index contributed by atoms with van der Waals surface area (Å²) in [5.41, 5.74) is 1.47. The van der Waals surface area contributed by atoms with E-state index >= 15 is 0 Å². The summed E-state index contributed by atoms with van der Waals surface area (Å²) in [4.78, 5) is 29.6. The van der Waals surface area contributed by atoms with Crippen molar-refractivity contribution >= 4 is 23.6 Å². The Balaban J connectivity index is 1.53. The Labute approximate surface area is 157 Å². The molecule has 6 heteroatoms. The predicted molar refractivity (Wildman–Crippen MR) is 101 cm³/mol. The lowest BCUT2D eigenvalue weighted by molar-refractivity contribution is -0.131. The first-order chi connectivity index (χ1) is 12.6. The van der Waals surface area contributed by atoms with Gasteiger partial charge in [0.25, 0.3) is 5.91 Å². The van der Waals surface area contributed by atoms with Gasteiger partial charge in [-0.05, 0) is 48.2 Å². The number of carbonyl (C=O) groups excluding carboxylic acids is 2. The van der Waals surface area contributed by atoms with E-state index in [9.17, 15) is 14.0 Å².